The van der Waals surface area contributed by atoms with E-state index in [4.69, 9.17) is 9.47 Å². The lowest BCUT2D eigenvalue weighted by Crippen LogP contribution is -2.31. The minimum Gasteiger partial charge on any atom is -0.497 e. The minimum atomic E-state index is -0.692. The van der Waals surface area contributed by atoms with Crippen LogP contribution in [-0.2, 0) is 11.2 Å². The maximum absolute atomic E-state index is 12.9. The lowest BCUT2D eigenvalue weighted by Gasteiger charge is -2.21. The molecule has 1 aliphatic heterocycles. The van der Waals surface area contributed by atoms with E-state index in [1.54, 1.807) is 19.5 Å². The molecule has 1 spiro atoms. The summed E-state index contributed by atoms with van der Waals surface area (Å²) in [7, 11) is 1.61. The van der Waals surface area contributed by atoms with E-state index in [1.165, 1.54) is 0 Å². The number of fused-ring (bicyclic) bond motifs is 1. The molecule has 2 atom stereocenters. The standard InChI is InChI=1S/C17H15NO3/c1-20-13-5-4-11-6-7-17(15(19)14(11)9-13)16(21-17)12-3-2-8-18-10-12/h2-5,8-10,16H,6-7H2,1H3/t16-,17+/m0/s1. The maximum Gasteiger partial charge on any atom is 0.198 e. The molecular formula is C17H15NO3. The van der Waals surface area contributed by atoms with Gasteiger partial charge >= 0.3 is 0 Å². The van der Waals surface area contributed by atoms with Crippen LogP contribution < -0.4 is 4.74 Å². The van der Waals surface area contributed by atoms with Crippen LogP contribution in [0.1, 0.15) is 34.0 Å². The van der Waals surface area contributed by atoms with Crippen LogP contribution in [-0.4, -0.2) is 23.5 Å². The van der Waals surface area contributed by atoms with Gasteiger partial charge in [0, 0.05) is 23.5 Å². The Balaban J connectivity index is 1.70. The van der Waals surface area contributed by atoms with E-state index in [0.717, 1.165) is 29.5 Å². The summed E-state index contributed by atoms with van der Waals surface area (Å²) in [6.07, 6.45) is 4.90. The Labute approximate surface area is 122 Å². The molecule has 2 aliphatic rings. The van der Waals surface area contributed by atoms with Gasteiger partial charge in [-0.2, -0.15) is 0 Å². The summed E-state index contributed by atoms with van der Waals surface area (Å²) < 4.78 is 11.1. The van der Waals surface area contributed by atoms with Gasteiger partial charge in [0.2, 0.25) is 0 Å². The predicted octanol–water partition coefficient (Wildman–Crippen LogP) is 2.73. The van der Waals surface area contributed by atoms with Crippen LogP contribution in [0.2, 0.25) is 0 Å². The Morgan fingerprint density at radius 1 is 1.38 bits per heavy atom. The maximum atomic E-state index is 12.9. The number of pyridine rings is 1. The number of ketones is 1. The van der Waals surface area contributed by atoms with E-state index in [-0.39, 0.29) is 11.9 Å². The first-order valence-electron chi connectivity index (χ1n) is 7.04. The highest BCUT2D eigenvalue weighted by atomic mass is 16.6. The van der Waals surface area contributed by atoms with Gasteiger partial charge in [0.15, 0.2) is 11.4 Å². The number of ether oxygens (including phenoxy) is 2. The number of carbonyl (C=O) groups is 1. The van der Waals surface area contributed by atoms with Gasteiger partial charge in [0.25, 0.3) is 0 Å². The third-order valence-electron chi connectivity index (χ3n) is 4.39. The van der Waals surface area contributed by atoms with Crippen molar-refractivity contribution in [3.63, 3.8) is 0 Å². The Hall–Kier alpha value is -2.20. The lowest BCUT2D eigenvalue weighted by atomic mass is 9.79. The first-order chi connectivity index (χ1) is 10.2. The van der Waals surface area contributed by atoms with Gasteiger partial charge in [-0.3, -0.25) is 9.78 Å². The predicted molar refractivity (Wildman–Crippen MR) is 76.4 cm³/mol. The Kier molecular flexibility index (Phi) is 2.62. The smallest absolute Gasteiger partial charge is 0.198 e. The molecule has 2 aromatic rings. The molecule has 1 fully saturated rings. The van der Waals surface area contributed by atoms with Crippen LogP contribution in [0.4, 0.5) is 0 Å². The normalized spacial score (nSPS) is 26.5. The van der Waals surface area contributed by atoms with E-state index in [2.05, 4.69) is 4.98 Å². The second-order valence-corrected chi connectivity index (χ2v) is 5.53. The SMILES string of the molecule is COc1ccc2c(c1)C(=O)[C@@]1(CC2)O[C@H]1c1cccnc1. The van der Waals surface area contributed by atoms with Crippen LogP contribution in [0.25, 0.3) is 0 Å². The number of rotatable bonds is 2. The zero-order chi connectivity index (χ0) is 14.4. The second-order valence-electron chi connectivity index (χ2n) is 5.53. The van der Waals surface area contributed by atoms with Crippen LogP contribution in [0.3, 0.4) is 0 Å². The molecule has 0 unspecified atom stereocenters. The van der Waals surface area contributed by atoms with Gasteiger partial charge in [0.05, 0.1) is 7.11 Å². The monoisotopic (exact) mass is 281 g/mol. The molecule has 2 heterocycles. The number of nitrogens with zero attached hydrogens (tertiary/aromatic N) is 1. The van der Waals surface area contributed by atoms with Crippen molar-refractivity contribution >= 4 is 5.78 Å². The molecule has 1 aromatic carbocycles. The molecule has 0 saturated carbocycles. The largest absolute Gasteiger partial charge is 0.497 e. The van der Waals surface area contributed by atoms with Gasteiger partial charge in [0.1, 0.15) is 11.9 Å². The van der Waals surface area contributed by atoms with Crippen LogP contribution >= 0.6 is 0 Å². The average molecular weight is 281 g/mol. The summed E-state index contributed by atoms with van der Waals surface area (Å²) in [5.74, 6) is 0.772. The fraction of sp³-hybridized carbons (Fsp3) is 0.294. The molecule has 4 rings (SSSR count). The van der Waals surface area contributed by atoms with Crippen molar-refractivity contribution in [3.8, 4) is 5.75 Å². The number of Topliss-reactive ketones (excluding diaryl/α,β-unsaturated/α-hetero) is 1. The summed E-state index contributed by atoms with van der Waals surface area (Å²) in [5, 5.41) is 0. The number of hydrogen-bond acceptors (Lipinski definition) is 4. The van der Waals surface area contributed by atoms with Crippen molar-refractivity contribution < 1.29 is 14.3 Å². The topological polar surface area (TPSA) is 51.7 Å². The molecule has 1 saturated heterocycles. The molecule has 1 aliphatic carbocycles. The summed E-state index contributed by atoms with van der Waals surface area (Å²) in [6, 6.07) is 9.52. The molecule has 4 nitrogen and oxygen atoms in total. The molecule has 106 valence electrons. The van der Waals surface area contributed by atoms with E-state index in [1.807, 2.05) is 30.3 Å². The zero-order valence-corrected chi connectivity index (χ0v) is 11.7. The minimum absolute atomic E-state index is 0.0662. The van der Waals surface area contributed by atoms with Crippen molar-refractivity contribution in [1.82, 2.24) is 4.98 Å². The van der Waals surface area contributed by atoms with Gasteiger partial charge in [-0.05, 0) is 36.6 Å². The summed E-state index contributed by atoms with van der Waals surface area (Å²) in [5.41, 5.74) is 2.08. The number of benzene rings is 1. The summed E-state index contributed by atoms with van der Waals surface area (Å²) >= 11 is 0. The first kappa shape index (κ1) is 12.5. The molecule has 0 radical (unpaired) electrons. The number of aryl methyl sites for hydroxylation is 1. The molecule has 1 aromatic heterocycles. The third kappa shape index (κ3) is 1.79. The number of epoxide rings is 1. The highest BCUT2D eigenvalue weighted by Crippen LogP contribution is 2.56. The molecule has 21 heavy (non-hydrogen) atoms. The van der Waals surface area contributed by atoms with E-state index in [0.29, 0.717) is 5.75 Å². The van der Waals surface area contributed by atoms with E-state index in [9.17, 15) is 4.79 Å². The third-order valence-corrected chi connectivity index (χ3v) is 4.39. The van der Waals surface area contributed by atoms with Crippen molar-refractivity contribution in [2.45, 2.75) is 24.5 Å². The van der Waals surface area contributed by atoms with Crippen molar-refractivity contribution in [1.29, 1.82) is 0 Å². The quantitative estimate of drug-likeness (QED) is 0.794. The second kappa shape index (κ2) is 4.40. The number of methoxy groups -OCH3 is 1. The van der Waals surface area contributed by atoms with Crippen molar-refractivity contribution in [2.24, 2.45) is 0 Å². The zero-order valence-electron chi connectivity index (χ0n) is 11.7. The average Bonchev–Trinajstić information content (AvgIpc) is 3.27. The molecular weight excluding hydrogens is 266 g/mol. The van der Waals surface area contributed by atoms with Crippen molar-refractivity contribution in [2.75, 3.05) is 7.11 Å². The molecule has 0 bridgehead atoms. The highest BCUT2D eigenvalue weighted by molar-refractivity contribution is 6.07. The van der Waals surface area contributed by atoms with Crippen molar-refractivity contribution in [3.05, 3.63) is 59.4 Å². The molecule has 0 amide bonds. The molecule has 0 N–H and O–H groups in total. The van der Waals surface area contributed by atoms with Gasteiger partial charge in [-0.15, -0.1) is 0 Å². The van der Waals surface area contributed by atoms with Gasteiger partial charge in [-0.1, -0.05) is 12.1 Å². The van der Waals surface area contributed by atoms with E-state index >= 15 is 0 Å². The Morgan fingerprint density at radius 3 is 3.05 bits per heavy atom. The summed E-state index contributed by atoms with van der Waals surface area (Å²) in [4.78, 5) is 17.0. The van der Waals surface area contributed by atoms with Crippen LogP contribution in [0, 0.1) is 0 Å². The molecule has 4 heteroatoms. The Bertz CT molecular complexity index is 713. The fourth-order valence-corrected chi connectivity index (χ4v) is 3.18. The lowest BCUT2D eigenvalue weighted by molar-refractivity contribution is 0.0849. The highest BCUT2D eigenvalue weighted by Gasteiger charge is 2.64. The van der Waals surface area contributed by atoms with E-state index < -0.39 is 5.60 Å². The number of carbonyl (C=O) groups excluding carboxylic acids is 1. The number of hydrogen-bond donors (Lipinski definition) is 0. The Morgan fingerprint density at radius 2 is 2.29 bits per heavy atom. The summed E-state index contributed by atoms with van der Waals surface area (Å²) in [6.45, 7) is 0. The number of aromatic nitrogens is 1. The van der Waals surface area contributed by atoms with Crippen LogP contribution in [0.15, 0.2) is 42.7 Å². The van der Waals surface area contributed by atoms with Gasteiger partial charge in [-0.25, -0.2) is 0 Å². The van der Waals surface area contributed by atoms with Gasteiger partial charge < -0.3 is 9.47 Å². The fourth-order valence-electron chi connectivity index (χ4n) is 3.18. The van der Waals surface area contributed by atoms with Crippen LogP contribution in [0.5, 0.6) is 5.75 Å². The first-order valence-corrected chi connectivity index (χ1v) is 7.04.